The molecule has 1 rings (SSSR count). The average molecular weight is 283 g/mol. The highest BCUT2D eigenvalue weighted by molar-refractivity contribution is 5.87. The highest BCUT2D eigenvalue weighted by Crippen LogP contribution is 2.22. The Morgan fingerprint density at radius 3 is 2.45 bits per heavy atom. The fourth-order valence-electron chi connectivity index (χ4n) is 2.59. The lowest BCUT2D eigenvalue weighted by Gasteiger charge is -2.40. The number of hydrogen-bond donors (Lipinski definition) is 2. The Morgan fingerprint density at radius 2 is 1.95 bits per heavy atom. The van der Waals surface area contributed by atoms with E-state index >= 15 is 0 Å². The van der Waals surface area contributed by atoms with Crippen molar-refractivity contribution in [3.63, 3.8) is 0 Å². The molecule has 0 aromatic carbocycles. The van der Waals surface area contributed by atoms with Gasteiger partial charge < -0.3 is 15.5 Å². The molecule has 0 aromatic rings. The van der Waals surface area contributed by atoms with Gasteiger partial charge in [-0.15, -0.1) is 0 Å². The Labute approximate surface area is 122 Å². The molecule has 1 saturated heterocycles. The third-order valence-electron chi connectivity index (χ3n) is 3.54. The van der Waals surface area contributed by atoms with E-state index in [1.807, 2.05) is 11.8 Å². The highest BCUT2D eigenvalue weighted by Gasteiger charge is 2.33. The van der Waals surface area contributed by atoms with Crippen LogP contribution in [0.15, 0.2) is 0 Å². The van der Waals surface area contributed by atoms with Crippen molar-refractivity contribution < 1.29 is 9.59 Å². The zero-order valence-electron chi connectivity index (χ0n) is 13.6. The molecule has 0 saturated carbocycles. The van der Waals surface area contributed by atoms with Gasteiger partial charge in [-0.1, -0.05) is 20.8 Å². The monoisotopic (exact) mass is 283 g/mol. The first kappa shape index (κ1) is 17.0. The lowest BCUT2D eigenvalue weighted by molar-refractivity contribution is -0.140. The van der Waals surface area contributed by atoms with Crippen LogP contribution in [0.3, 0.4) is 0 Å². The summed E-state index contributed by atoms with van der Waals surface area (Å²) in [5.74, 6) is -0.112. The molecule has 2 amide bonds. The van der Waals surface area contributed by atoms with Crippen LogP contribution >= 0.6 is 0 Å². The molecule has 5 heteroatoms. The van der Waals surface area contributed by atoms with E-state index in [2.05, 4.69) is 38.3 Å². The molecule has 0 bridgehead atoms. The molecule has 2 N–H and O–H groups in total. The quantitative estimate of drug-likeness (QED) is 0.816. The summed E-state index contributed by atoms with van der Waals surface area (Å²) in [5.41, 5.74) is -0.00827. The van der Waals surface area contributed by atoms with E-state index in [0.717, 1.165) is 6.54 Å². The van der Waals surface area contributed by atoms with Crippen LogP contribution in [0, 0.1) is 5.41 Å². The summed E-state index contributed by atoms with van der Waals surface area (Å²) in [7, 11) is 0. The van der Waals surface area contributed by atoms with Gasteiger partial charge in [-0.05, 0) is 25.7 Å². The molecular weight excluding hydrogens is 254 g/mol. The van der Waals surface area contributed by atoms with Crippen LogP contribution < -0.4 is 10.6 Å². The minimum absolute atomic E-state index is 0.00827. The Hall–Kier alpha value is -1.10. The number of nitrogens with one attached hydrogen (secondary N) is 2. The first-order chi connectivity index (χ1) is 9.10. The van der Waals surface area contributed by atoms with Gasteiger partial charge in [0.2, 0.25) is 11.8 Å². The van der Waals surface area contributed by atoms with E-state index in [0.29, 0.717) is 19.0 Å². The van der Waals surface area contributed by atoms with Gasteiger partial charge in [-0.3, -0.25) is 9.59 Å². The molecule has 20 heavy (non-hydrogen) atoms. The Balaban J connectivity index is 2.82. The summed E-state index contributed by atoms with van der Waals surface area (Å²) in [6, 6.07) is 0.0259. The molecule has 1 heterocycles. The minimum Gasteiger partial charge on any atom is -0.345 e. The van der Waals surface area contributed by atoms with Crippen LogP contribution in [0.4, 0.5) is 0 Å². The second-order valence-electron chi connectivity index (χ2n) is 7.17. The van der Waals surface area contributed by atoms with Gasteiger partial charge in [0.15, 0.2) is 0 Å². The van der Waals surface area contributed by atoms with Crippen molar-refractivity contribution in [3.8, 4) is 0 Å². The number of rotatable bonds is 3. The summed E-state index contributed by atoms with van der Waals surface area (Å²) in [6.45, 7) is 13.3. The number of hydrogen-bond acceptors (Lipinski definition) is 3. The largest absolute Gasteiger partial charge is 0.345 e. The first-order valence-corrected chi connectivity index (χ1v) is 7.41. The van der Waals surface area contributed by atoms with Crippen molar-refractivity contribution in [1.29, 1.82) is 0 Å². The van der Waals surface area contributed by atoms with Crippen molar-refractivity contribution in [2.75, 3.05) is 13.1 Å². The lowest BCUT2D eigenvalue weighted by atomic mass is 9.87. The number of carbonyl (C=O) groups excluding carboxylic acids is 2. The van der Waals surface area contributed by atoms with Gasteiger partial charge >= 0.3 is 0 Å². The van der Waals surface area contributed by atoms with E-state index in [1.54, 1.807) is 0 Å². The van der Waals surface area contributed by atoms with Crippen molar-refractivity contribution in [3.05, 3.63) is 0 Å². The predicted octanol–water partition coefficient (Wildman–Crippen LogP) is 1.14. The van der Waals surface area contributed by atoms with Gasteiger partial charge in [0.1, 0.15) is 6.04 Å². The molecule has 0 spiro atoms. The smallest absolute Gasteiger partial charge is 0.245 e. The second kappa shape index (κ2) is 6.57. The molecule has 0 aromatic heterocycles. The van der Waals surface area contributed by atoms with Crippen LogP contribution in [-0.4, -0.2) is 47.9 Å². The van der Waals surface area contributed by atoms with Gasteiger partial charge in [-0.2, -0.15) is 0 Å². The third kappa shape index (κ3) is 5.12. The standard InChI is InChI=1S/C15H29N3O2/c1-10-9-18(11(2)8-16-10)14(20)13(17-12(3)19)7-15(4,5)6/h10-11,13,16H,7-9H2,1-6H3,(H,17,19)/t10-,11+,13-/m0/s1. The van der Waals surface area contributed by atoms with Crippen LogP contribution in [0.5, 0.6) is 0 Å². The highest BCUT2D eigenvalue weighted by atomic mass is 16.2. The maximum absolute atomic E-state index is 12.8. The van der Waals surface area contributed by atoms with Crippen molar-refractivity contribution in [1.82, 2.24) is 15.5 Å². The summed E-state index contributed by atoms with van der Waals surface area (Å²) in [4.78, 5) is 26.0. The second-order valence-corrected chi connectivity index (χ2v) is 7.17. The van der Waals surface area contributed by atoms with Crippen molar-refractivity contribution in [2.45, 2.75) is 66.1 Å². The van der Waals surface area contributed by atoms with E-state index in [9.17, 15) is 9.59 Å². The van der Waals surface area contributed by atoms with Crippen LogP contribution in [0.1, 0.15) is 48.0 Å². The van der Waals surface area contributed by atoms with Gasteiger partial charge in [0, 0.05) is 32.1 Å². The predicted molar refractivity (Wildman–Crippen MR) is 80.3 cm³/mol. The number of nitrogens with zero attached hydrogens (tertiary/aromatic N) is 1. The molecule has 0 unspecified atom stereocenters. The normalized spacial score (nSPS) is 25.2. The number of carbonyl (C=O) groups is 2. The average Bonchev–Trinajstić information content (AvgIpc) is 2.28. The summed E-state index contributed by atoms with van der Waals surface area (Å²) < 4.78 is 0. The van der Waals surface area contributed by atoms with E-state index in [-0.39, 0.29) is 23.3 Å². The Kier molecular flexibility index (Phi) is 5.57. The third-order valence-corrected chi connectivity index (χ3v) is 3.54. The van der Waals surface area contributed by atoms with Crippen LogP contribution in [0.25, 0.3) is 0 Å². The van der Waals surface area contributed by atoms with E-state index in [4.69, 9.17) is 0 Å². The molecule has 0 radical (unpaired) electrons. The van der Waals surface area contributed by atoms with Crippen LogP contribution in [0.2, 0.25) is 0 Å². The molecule has 0 aliphatic carbocycles. The molecule has 3 atom stereocenters. The molecule has 5 nitrogen and oxygen atoms in total. The fraction of sp³-hybridized carbons (Fsp3) is 0.867. The number of piperazine rings is 1. The summed E-state index contributed by atoms with van der Waals surface area (Å²) in [6.07, 6.45) is 0.649. The van der Waals surface area contributed by atoms with Gasteiger partial charge in [-0.25, -0.2) is 0 Å². The van der Waals surface area contributed by atoms with Gasteiger partial charge in [0.25, 0.3) is 0 Å². The first-order valence-electron chi connectivity index (χ1n) is 7.41. The van der Waals surface area contributed by atoms with Crippen molar-refractivity contribution in [2.24, 2.45) is 5.41 Å². The van der Waals surface area contributed by atoms with E-state index in [1.165, 1.54) is 6.92 Å². The molecule has 1 aliphatic rings. The Bertz CT molecular complexity index is 363. The molecule has 1 aliphatic heterocycles. The molecular formula is C15H29N3O2. The maximum Gasteiger partial charge on any atom is 0.245 e. The van der Waals surface area contributed by atoms with E-state index < -0.39 is 6.04 Å². The van der Waals surface area contributed by atoms with Crippen LogP contribution in [-0.2, 0) is 9.59 Å². The summed E-state index contributed by atoms with van der Waals surface area (Å²) >= 11 is 0. The maximum atomic E-state index is 12.8. The topological polar surface area (TPSA) is 61.4 Å². The minimum atomic E-state index is -0.430. The zero-order valence-corrected chi connectivity index (χ0v) is 13.6. The fourth-order valence-corrected chi connectivity index (χ4v) is 2.59. The zero-order chi connectivity index (χ0) is 15.5. The summed E-state index contributed by atoms with van der Waals surface area (Å²) in [5, 5.41) is 6.18. The lowest BCUT2D eigenvalue weighted by Crippen LogP contribution is -2.60. The Morgan fingerprint density at radius 1 is 1.35 bits per heavy atom. The van der Waals surface area contributed by atoms with Crippen molar-refractivity contribution >= 4 is 11.8 Å². The number of amides is 2. The molecule has 1 fully saturated rings. The van der Waals surface area contributed by atoms with Gasteiger partial charge in [0.05, 0.1) is 0 Å². The SMILES string of the molecule is CC(=O)N[C@@H](CC(C)(C)C)C(=O)N1C[C@H](C)NC[C@H]1C. The molecule has 116 valence electrons.